The molecular formula is C21H27N5O3. The Morgan fingerprint density at radius 2 is 2.17 bits per heavy atom. The van der Waals surface area contributed by atoms with Gasteiger partial charge in [0.05, 0.1) is 11.4 Å². The number of ether oxygens (including phenoxy) is 1. The fourth-order valence-corrected chi connectivity index (χ4v) is 4.99. The third-order valence-corrected chi connectivity index (χ3v) is 6.83. The second-order valence-corrected chi connectivity index (χ2v) is 8.49. The number of carbonyl (C=O) groups is 1. The average Bonchev–Trinajstić information content (AvgIpc) is 3.30. The van der Waals surface area contributed by atoms with Crippen LogP contribution in [0.1, 0.15) is 37.2 Å². The highest BCUT2D eigenvalue weighted by Gasteiger charge is 2.56. The maximum atomic E-state index is 12.2. The van der Waals surface area contributed by atoms with Crippen LogP contribution < -0.4 is 5.32 Å². The van der Waals surface area contributed by atoms with Crippen LogP contribution in [0.4, 0.5) is 5.82 Å². The van der Waals surface area contributed by atoms with Crippen molar-refractivity contribution in [2.75, 3.05) is 31.6 Å². The Bertz CT molecular complexity index is 945. The minimum Gasteiger partial charge on any atom is -0.381 e. The first-order valence-electron chi connectivity index (χ1n) is 10.4. The predicted octanol–water partition coefficient (Wildman–Crippen LogP) is 1.86. The fraction of sp³-hybridized carbons (Fsp3) is 0.571. The Kier molecular flexibility index (Phi) is 4.55. The first-order valence-corrected chi connectivity index (χ1v) is 10.4. The van der Waals surface area contributed by atoms with E-state index in [9.17, 15) is 9.90 Å². The molecule has 29 heavy (non-hydrogen) atoms. The zero-order valence-corrected chi connectivity index (χ0v) is 16.5. The lowest BCUT2D eigenvalue weighted by Gasteiger charge is -2.23. The summed E-state index contributed by atoms with van der Waals surface area (Å²) < 4.78 is 7.32. The molecule has 2 aromatic heterocycles. The van der Waals surface area contributed by atoms with Crippen molar-refractivity contribution in [3.63, 3.8) is 0 Å². The Balaban J connectivity index is 1.51. The lowest BCUT2D eigenvalue weighted by atomic mass is 9.91. The number of nitrogens with one attached hydrogen (secondary N) is 1. The fourth-order valence-electron chi connectivity index (χ4n) is 4.99. The summed E-state index contributed by atoms with van der Waals surface area (Å²) in [6.07, 6.45) is 9.09. The summed E-state index contributed by atoms with van der Waals surface area (Å²) in [5.74, 6) is 1.15. The zero-order valence-electron chi connectivity index (χ0n) is 16.5. The summed E-state index contributed by atoms with van der Waals surface area (Å²) in [5.41, 5.74) is 2.05. The first-order chi connectivity index (χ1) is 14.1. The Hall–Kier alpha value is -2.45. The highest BCUT2D eigenvalue weighted by Crippen LogP contribution is 2.54. The van der Waals surface area contributed by atoms with E-state index in [1.54, 1.807) is 10.9 Å². The van der Waals surface area contributed by atoms with Gasteiger partial charge in [0, 0.05) is 37.9 Å². The van der Waals surface area contributed by atoms with Gasteiger partial charge in [-0.05, 0) is 43.2 Å². The number of aromatic nitrogens is 3. The van der Waals surface area contributed by atoms with Gasteiger partial charge in [-0.3, -0.25) is 4.79 Å². The first kappa shape index (κ1) is 18.6. The van der Waals surface area contributed by atoms with Crippen molar-refractivity contribution in [3.05, 3.63) is 30.7 Å². The molecule has 0 unspecified atom stereocenters. The number of hydrogen-bond donors (Lipinski definition) is 2. The van der Waals surface area contributed by atoms with Crippen LogP contribution in [0.25, 0.3) is 11.0 Å². The van der Waals surface area contributed by atoms with Crippen LogP contribution in [0.15, 0.2) is 25.2 Å². The van der Waals surface area contributed by atoms with E-state index in [0.717, 1.165) is 62.3 Å². The van der Waals surface area contributed by atoms with Crippen LogP contribution in [0, 0.1) is 5.41 Å². The zero-order chi connectivity index (χ0) is 20.0. The number of aliphatic hydroxyl groups excluding tert-OH is 1. The van der Waals surface area contributed by atoms with Gasteiger partial charge in [0.15, 0.2) is 0 Å². The van der Waals surface area contributed by atoms with Gasteiger partial charge in [0.1, 0.15) is 24.5 Å². The highest BCUT2D eigenvalue weighted by molar-refractivity contribution is 5.92. The second kappa shape index (κ2) is 7.11. The van der Waals surface area contributed by atoms with E-state index in [-0.39, 0.29) is 24.1 Å². The lowest BCUT2D eigenvalue weighted by Crippen LogP contribution is -2.31. The lowest BCUT2D eigenvalue weighted by molar-refractivity contribution is -0.125. The predicted molar refractivity (Wildman–Crippen MR) is 108 cm³/mol. The normalized spacial score (nSPS) is 23.6. The van der Waals surface area contributed by atoms with Crippen LogP contribution in [-0.4, -0.2) is 62.8 Å². The number of anilines is 1. The van der Waals surface area contributed by atoms with Crippen molar-refractivity contribution < 1.29 is 14.6 Å². The summed E-state index contributed by atoms with van der Waals surface area (Å²) in [5, 5.41) is 14.5. The maximum absolute atomic E-state index is 12.2. The van der Waals surface area contributed by atoms with Crippen LogP contribution in [0.2, 0.25) is 0 Å². The molecule has 8 nitrogen and oxygen atoms in total. The number of rotatable bonds is 5. The standard InChI is InChI=1S/C21H27N5O3/c1-2-17(28)25-10-16(21(11-25)5-6-21)24-19-18-15(14-3-7-29-8-4-14)9-26(13-27)20(18)23-12-22-19/h2,9,12,14,16,27H,1,3-8,10-11,13H2,(H,22,23,24)/t16-/m1/s1. The van der Waals surface area contributed by atoms with Gasteiger partial charge >= 0.3 is 0 Å². The van der Waals surface area contributed by atoms with Crippen molar-refractivity contribution in [2.24, 2.45) is 5.41 Å². The minimum atomic E-state index is -0.120. The molecule has 1 saturated carbocycles. The molecule has 8 heteroatoms. The number of aliphatic hydroxyl groups is 1. The molecule has 1 amide bonds. The van der Waals surface area contributed by atoms with E-state index < -0.39 is 0 Å². The molecule has 1 aliphatic carbocycles. The van der Waals surface area contributed by atoms with E-state index in [1.807, 2.05) is 11.1 Å². The molecule has 4 heterocycles. The molecule has 1 atom stereocenters. The van der Waals surface area contributed by atoms with Crippen molar-refractivity contribution in [2.45, 2.75) is 44.4 Å². The van der Waals surface area contributed by atoms with Crippen molar-refractivity contribution in [3.8, 4) is 0 Å². The maximum Gasteiger partial charge on any atom is 0.246 e. The van der Waals surface area contributed by atoms with Crippen molar-refractivity contribution >= 4 is 22.8 Å². The number of nitrogens with zero attached hydrogens (tertiary/aromatic N) is 4. The Morgan fingerprint density at radius 1 is 1.38 bits per heavy atom. The van der Waals surface area contributed by atoms with Crippen LogP contribution in [0.3, 0.4) is 0 Å². The molecule has 5 rings (SSSR count). The molecule has 2 N–H and O–H groups in total. The van der Waals surface area contributed by atoms with E-state index in [2.05, 4.69) is 21.9 Å². The molecule has 0 bridgehead atoms. The topological polar surface area (TPSA) is 92.5 Å². The van der Waals surface area contributed by atoms with Gasteiger partial charge in [-0.15, -0.1) is 0 Å². The molecule has 2 aliphatic heterocycles. The van der Waals surface area contributed by atoms with E-state index >= 15 is 0 Å². The van der Waals surface area contributed by atoms with Gasteiger partial charge < -0.3 is 24.6 Å². The summed E-state index contributed by atoms with van der Waals surface area (Å²) in [6, 6.07) is 0.157. The van der Waals surface area contributed by atoms with Crippen LogP contribution in [-0.2, 0) is 16.3 Å². The third-order valence-electron chi connectivity index (χ3n) is 6.83. The number of fused-ring (bicyclic) bond motifs is 1. The summed E-state index contributed by atoms with van der Waals surface area (Å²) in [4.78, 5) is 23.1. The third kappa shape index (κ3) is 3.11. The quantitative estimate of drug-likeness (QED) is 0.749. The van der Waals surface area contributed by atoms with Crippen molar-refractivity contribution in [1.82, 2.24) is 19.4 Å². The second-order valence-electron chi connectivity index (χ2n) is 8.49. The van der Waals surface area contributed by atoms with Crippen molar-refractivity contribution in [1.29, 1.82) is 0 Å². The average molecular weight is 397 g/mol. The molecule has 2 aromatic rings. The molecule has 3 aliphatic rings. The molecule has 0 radical (unpaired) electrons. The molecular weight excluding hydrogens is 370 g/mol. The number of hydrogen-bond acceptors (Lipinski definition) is 6. The van der Waals surface area contributed by atoms with Gasteiger partial charge in [-0.1, -0.05) is 6.58 Å². The summed E-state index contributed by atoms with van der Waals surface area (Å²) in [7, 11) is 0. The number of likely N-dealkylation sites (tertiary alicyclic amines) is 1. The summed E-state index contributed by atoms with van der Waals surface area (Å²) >= 11 is 0. The Morgan fingerprint density at radius 3 is 2.86 bits per heavy atom. The van der Waals surface area contributed by atoms with E-state index in [4.69, 9.17) is 4.74 Å². The smallest absolute Gasteiger partial charge is 0.246 e. The number of amides is 1. The number of carbonyl (C=O) groups excluding carboxylic acids is 1. The van der Waals surface area contributed by atoms with E-state index in [1.165, 1.54) is 11.6 Å². The van der Waals surface area contributed by atoms with Gasteiger partial charge in [-0.2, -0.15) is 0 Å². The molecule has 2 saturated heterocycles. The largest absolute Gasteiger partial charge is 0.381 e. The summed E-state index contributed by atoms with van der Waals surface area (Å²) in [6.45, 7) is 6.43. The molecule has 1 spiro atoms. The molecule has 3 fully saturated rings. The van der Waals surface area contributed by atoms with Gasteiger partial charge in [0.25, 0.3) is 0 Å². The van der Waals surface area contributed by atoms with Crippen LogP contribution >= 0.6 is 0 Å². The monoisotopic (exact) mass is 397 g/mol. The van der Waals surface area contributed by atoms with E-state index in [0.29, 0.717) is 12.5 Å². The minimum absolute atomic E-state index is 0.0114. The SMILES string of the molecule is C=CC(=O)N1C[C@@H](Nc2ncnc3c2c(C2CCOCC2)cn3CO)C2(CC2)C1. The molecule has 0 aromatic carbocycles. The highest BCUT2D eigenvalue weighted by atomic mass is 16.5. The molecule has 154 valence electrons. The van der Waals surface area contributed by atoms with Gasteiger partial charge in [0.2, 0.25) is 5.91 Å². The van der Waals surface area contributed by atoms with Gasteiger partial charge in [-0.25, -0.2) is 9.97 Å². The Labute approximate surface area is 169 Å². The van der Waals surface area contributed by atoms with Crippen LogP contribution in [0.5, 0.6) is 0 Å².